The summed E-state index contributed by atoms with van der Waals surface area (Å²) in [7, 11) is 3.27. The molecule has 0 amide bonds. The minimum absolute atomic E-state index is 0.00803. The summed E-state index contributed by atoms with van der Waals surface area (Å²) in [5.74, 6) is 3.02. The summed E-state index contributed by atoms with van der Waals surface area (Å²) < 4.78 is 16.8. The third-order valence-corrected chi connectivity index (χ3v) is 11.1. The molecule has 9 N–H and O–H groups in total. The van der Waals surface area contributed by atoms with E-state index < -0.39 is 11.6 Å². The van der Waals surface area contributed by atoms with E-state index in [4.69, 9.17) is 25.7 Å². The number of anilines is 4. The van der Waals surface area contributed by atoms with Crippen LogP contribution in [0.4, 0.5) is 23.5 Å². The van der Waals surface area contributed by atoms with Crippen molar-refractivity contribution in [3.8, 4) is 11.5 Å². The van der Waals surface area contributed by atoms with Crippen LogP contribution in [0.1, 0.15) is 142 Å². The number of nitrogens with zero attached hydrogens (tertiary/aromatic N) is 10. The first-order chi connectivity index (χ1) is 33.5. The summed E-state index contributed by atoms with van der Waals surface area (Å²) >= 11 is 0. The number of tetrazole rings is 2. The molecule has 0 bridgehead atoms. The van der Waals surface area contributed by atoms with Crippen LogP contribution in [0.25, 0.3) is 0 Å². The van der Waals surface area contributed by atoms with Gasteiger partial charge in [-0.25, -0.2) is 9.97 Å². The van der Waals surface area contributed by atoms with Crippen LogP contribution in [0.15, 0.2) is 36.4 Å². The number of H-pyrrole nitrogens is 2. The van der Waals surface area contributed by atoms with Gasteiger partial charge in [0.2, 0.25) is 11.9 Å². The van der Waals surface area contributed by atoms with E-state index in [1.165, 1.54) is 0 Å². The minimum atomic E-state index is -0.861. The molecule has 0 aliphatic rings. The molecule has 0 spiro atoms. The van der Waals surface area contributed by atoms with Gasteiger partial charge in [-0.3, -0.25) is 9.59 Å². The van der Waals surface area contributed by atoms with Gasteiger partial charge in [-0.2, -0.15) is 20.4 Å². The predicted octanol–water partition coefficient (Wildman–Crippen LogP) is 6.29. The molecule has 22 nitrogen and oxygen atoms in total. The molecule has 0 aliphatic carbocycles. The first-order valence-corrected chi connectivity index (χ1v) is 23.5. The van der Waals surface area contributed by atoms with Crippen LogP contribution in [0.2, 0.25) is 0 Å². The van der Waals surface area contributed by atoms with E-state index in [-0.39, 0.29) is 42.8 Å². The zero-order chi connectivity index (χ0) is 50.8. The second-order valence-corrected chi connectivity index (χ2v) is 18.0. The molecule has 0 saturated carbocycles. The van der Waals surface area contributed by atoms with Crippen molar-refractivity contribution in [3.05, 3.63) is 92.8 Å². The van der Waals surface area contributed by atoms with E-state index >= 15 is 0 Å². The maximum Gasteiger partial charge on any atom is 0.308 e. The number of nitrogen functional groups attached to an aromatic ring is 2. The lowest BCUT2D eigenvalue weighted by Gasteiger charge is -2.24. The molecular weight excluding hydrogens is 897 g/mol. The number of benzene rings is 2. The van der Waals surface area contributed by atoms with Gasteiger partial charge in [-0.15, -0.1) is 20.4 Å². The SMILES string of the molecule is CCCC[C@@H](CC(=O)O)Nc1nc(N)nc(C)c1Cc1cc(Cc2nn[nH]n2)ccc1OC.CCCC[C@@H](CC(=O)OC(C)(C)C)Nc1nc(N)nc(C)c1Cc1cc(Cc2nn[nH]n2)ccc1OC. The fraction of sp³-hybridized carbons (Fsp3) is 0.500. The number of aromatic nitrogens is 12. The number of esters is 1. The van der Waals surface area contributed by atoms with Crippen molar-refractivity contribution in [2.45, 2.75) is 143 Å². The first kappa shape index (κ1) is 53.4. The van der Waals surface area contributed by atoms with Gasteiger partial charge in [0.15, 0.2) is 11.6 Å². The zero-order valence-corrected chi connectivity index (χ0v) is 41.7. The van der Waals surface area contributed by atoms with Crippen molar-refractivity contribution in [1.29, 1.82) is 0 Å². The molecule has 4 heterocycles. The van der Waals surface area contributed by atoms with Crippen LogP contribution in [0.3, 0.4) is 0 Å². The van der Waals surface area contributed by atoms with Gasteiger partial charge in [0.05, 0.1) is 27.1 Å². The highest BCUT2D eigenvalue weighted by molar-refractivity contribution is 5.71. The summed E-state index contributed by atoms with van der Waals surface area (Å²) in [6, 6.07) is 11.4. The molecule has 376 valence electrons. The number of carboxylic acids is 1. The smallest absolute Gasteiger partial charge is 0.308 e. The molecule has 0 aliphatic heterocycles. The molecule has 0 unspecified atom stereocenters. The standard InChI is InChI=1S/C26H38N8O3.C22H30N8O3/c1-7-8-9-19(15-23(35)37-26(3,4)5)29-24-20(16(2)28-25(27)30-24)14-18-12-17(10-11-21(18)36-6)13-22-31-33-34-32-22;1-4-5-6-16(12-20(31)32)25-21-17(13(2)24-22(23)26-21)11-15-9-14(7-8-18(15)33-3)10-19-27-29-30-28-19/h10-12,19H,7-9,13-15H2,1-6H3,(H3,27,28,29,30)(H,31,32,33,34);7-9,16H,4-6,10-12H2,1-3H3,(H,31,32)(H3,23,24,25,26)(H,27,28,29,30)/t19-;16-/m00/s1. The average molecular weight is 965 g/mol. The number of aryl methyl sites for hydroxylation is 2. The minimum Gasteiger partial charge on any atom is -0.496 e. The lowest BCUT2D eigenvalue weighted by atomic mass is 9.99. The molecule has 70 heavy (non-hydrogen) atoms. The van der Waals surface area contributed by atoms with Crippen molar-refractivity contribution < 1.29 is 28.9 Å². The first-order valence-electron chi connectivity index (χ1n) is 23.5. The number of nitrogens with one attached hydrogen (secondary N) is 4. The molecule has 6 aromatic rings. The number of carbonyl (C=O) groups is 2. The third kappa shape index (κ3) is 16.6. The highest BCUT2D eigenvalue weighted by atomic mass is 16.6. The highest BCUT2D eigenvalue weighted by Gasteiger charge is 2.24. The number of unbranched alkanes of at least 4 members (excludes halogenated alkanes) is 2. The lowest BCUT2D eigenvalue weighted by Crippen LogP contribution is -2.30. The molecule has 2 atom stereocenters. The fourth-order valence-electron chi connectivity index (χ4n) is 7.85. The number of rotatable bonds is 24. The van der Waals surface area contributed by atoms with Gasteiger partial charge in [-0.1, -0.05) is 74.2 Å². The molecule has 0 saturated heterocycles. The number of aromatic amines is 2. The van der Waals surface area contributed by atoms with Crippen molar-refractivity contribution >= 4 is 35.5 Å². The summed E-state index contributed by atoms with van der Waals surface area (Å²) in [6.45, 7) is 13.6. The Balaban J connectivity index is 0.000000262. The number of nitrogens with two attached hydrogens (primary N) is 2. The molecule has 0 fully saturated rings. The van der Waals surface area contributed by atoms with Crippen LogP contribution < -0.4 is 31.6 Å². The maximum absolute atomic E-state index is 12.6. The monoisotopic (exact) mass is 965 g/mol. The lowest BCUT2D eigenvalue weighted by molar-refractivity contribution is -0.155. The van der Waals surface area contributed by atoms with Gasteiger partial charge in [-0.05, 0) is 81.8 Å². The van der Waals surface area contributed by atoms with E-state index in [0.29, 0.717) is 55.4 Å². The van der Waals surface area contributed by atoms with Crippen LogP contribution in [0, 0.1) is 13.8 Å². The van der Waals surface area contributed by atoms with E-state index in [2.05, 4.69) is 91.7 Å². The summed E-state index contributed by atoms with van der Waals surface area (Å²) in [6.07, 6.45) is 7.61. The number of hydrogen-bond acceptors (Lipinski definition) is 19. The van der Waals surface area contributed by atoms with Crippen LogP contribution in [-0.4, -0.2) is 110 Å². The van der Waals surface area contributed by atoms with Gasteiger partial charge < -0.3 is 41.4 Å². The Morgan fingerprint density at radius 1 is 0.686 bits per heavy atom. The molecule has 0 radical (unpaired) electrons. The maximum atomic E-state index is 12.6. The van der Waals surface area contributed by atoms with E-state index in [0.717, 1.165) is 88.4 Å². The van der Waals surface area contributed by atoms with Gasteiger partial charge >= 0.3 is 11.9 Å². The molecule has 22 heteroatoms. The molecule has 2 aromatic carbocycles. The summed E-state index contributed by atoms with van der Waals surface area (Å²) in [5.41, 5.74) is 18.5. The second-order valence-electron chi connectivity index (χ2n) is 18.0. The van der Waals surface area contributed by atoms with Crippen LogP contribution >= 0.6 is 0 Å². The molecule has 6 rings (SSSR count). The number of hydrogen-bond donors (Lipinski definition) is 7. The Bertz CT molecular complexity index is 2600. The number of methoxy groups -OCH3 is 2. The Morgan fingerprint density at radius 3 is 1.50 bits per heavy atom. The average Bonchev–Trinajstić information content (AvgIpc) is 4.02. The fourth-order valence-corrected chi connectivity index (χ4v) is 7.85. The molecule has 4 aromatic heterocycles. The Kier molecular flexibility index (Phi) is 19.6. The summed E-state index contributed by atoms with van der Waals surface area (Å²) in [5, 5.41) is 44.5. The van der Waals surface area contributed by atoms with Gasteiger partial charge in [0.1, 0.15) is 28.7 Å². The van der Waals surface area contributed by atoms with Crippen LogP contribution in [0.5, 0.6) is 11.5 Å². The number of carbonyl (C=O) groups excluding carboxylic acids is 1. The van der Waals surface area contributed by atoms with E-state index in [9.17, 15) is 14.7 Å². The van der Waals surface area contributed by atoms with Crippen molar-refractivity contribution in [2.75, 3.05) is 36.3 Å². The summed E-state index contributed by atoms with van der Waals surface area (Å²) in [4.78, 5) is 41.7. The Labute approximate surface area is 408 Å². The second kappa shape index (κ2) is 25.7. The van der Waals surface area contributed by atoms with Crippen molar-refractivity contribution in [1.82, 2.24) is 61.2 Å². The largest absolute Gasteiger partial charge is 0.496 e. The van der Waals surface area contributed by atoms with Crippen molar-refractivity contribution in [2.24, 2.45) is 0 Å². The Morgan fingerprint density at radius 2 is 1.13 bits per heavy atom. The third-order valence-electron chi connectivity index (χ3n) is 11.1. The highest BCUT2D eigenvalue weighted by Crippen LogP contribution is 2.31. The van der Waals surface area contributed by atoms with Gasteiger partial charge in [0.25, 0.3) is 0 Å². The quantitative estimate of drug-likeness (QED) is 0.0328. The van der Waals surface area contributed by atoms with Crippen LogP contribution in [-0.2, 0) is 40.0 Å². The number of carboxylic acid groups (broad SMARTS) is 1. The van der Waals surface area contributed by atoms with Crippen molar-refractivity contribution in [3.63, 3.8) is 0 Å². The normalized spacial score (nSPS) is 12.1. The number of aliphatic carboxylic acids is 1. The zero-order valence-electron chi connectivity index (χ0n) is 41.7. The van der Waals surface area contributed by atoms with E-state index in [1.807, 2.05) is 65.0 Å². The predicted molar refractivity (Wildman–Crippen MR) is 265 cm³/mol. The number of ether oxygens (including phenoxy) is 3. The van der Waals surface area contributed by atoms with E-state index in [1.54, 1.807) is 14.2 Å². The van der Waals surface area contributed by atoms with Gasteiger partial charge in [0, 0.05) is 60.3 Å². The molecular formula is C48H68N16O6. The Hall–Kier alpha value is -7.52. The topological polar surface area (TPSA) is 319 Å².